The first-order valence-electron chi connectivity index (χ1n) is 5.24. The van der Waals surface area contributed by atoms with Crippen molar-refractivity contribution < 1.29 is 32.8 Å². The maximum absolute atomic E-state index is 11.1. The van der Waals surface area contributed by atoms with E-state index in [0.717, 1.165) is 0 Å². The van der Waals surface area contributed by atoms with Crippen LogP contribution in [-0.2, 0) is 26.1 Å². The number of hydrogen-bond acceptors (Lipinski definition) is 4. The van der Waals surface area contributed by atoms with Crippen LogP contribution in [0.5, 0.6) is 0 Å². The largest absolute Gasteiger partial charge is 0.481 e. The van der Waals surface area contributed by atoms with Crippen molar-refractivity contribution in [3.63, 3.8) is 0 Å². The van der Waals surface area contributed by atoms with Gasteiger partial charge in [-0.05, 0) is 24.5 Å². The summed E-state index contributed by atoms with van der Waals surface area (Å²) in [5, 5.41) is 17.4. The molecule has 0 spiro atoms. The Bertz CT molecular complexity index is 577. The van der Waals surface area contributed by atoms with Gasteiger partial charge in [-0.2, -0.15) is 8.42 Å². The highest BCUT2D eigenvalue weighted by atomic mass is 32.2. The maximum Gasteiger partial charge on any atom is 0.317 e. The molecule has 1 aromatic carbocycles. The van der Waals surface area contributed by atoms with Gasteiger partial charge in [-0.3, -0.25) is 14.1 Å². The van der Waals surface area contributed by atoms with E-state index in [1.807, 2.05) is 0 Å². The van der Waals surface area contributed by atoms with Gasteiger partial charge in [0.2, 0.25) is 0 Å². The Labute approximate surface area is 109 Å². The number of rotatable bonds is 6. The molecular formula is C11H12O7S. The van der Waals surface area contributed by atoms with Crippen molar-refractivity contribution >= 4 is 22.1 Å². The first-order chi connectivity index (χ1) is 8.73. The van der Waals surface area contributed by atoms with Crippen LogP contribution in [0.2, 0.25) is 0 Å². The van der Waals surface area contributed by atoms with Gasteiger partial charge >= 0.3 is 11.9 Å². The zero-order valence-electron chi connectivity index (χ0n) is 9.68. The molecular weight excluding hydrogens is 276 g/mol. The van der Waals surface area contributed by atoms with Crippen LogP contribution in [0.3, 0.4) is 0 Å². The Morgan fingerprint density at radius 1 is 1.11 bits per heavy atom. The zero-order chi connectivity index (χ0) is 14.6. The van der Waals surface area contributed by atoms with Crippen molar-refractivity contribution in [2.45, 2.75) is 17.7 Å². The quantitative estimate of drug-likeness (QED) is 0.517. The van der Waals surface area contributed by atoms with E-state index in [2.05, 4.69) is 0 Å². The Hall–Kier alpha value is -1.93. The first-order valence-corrected chi connectivity index (χ1v) is 6.68. The van der Waals surface area contributed by atoms with Crippen molar-refractivity contribution in [1.29, 1.82) is 0 Å². The second-order valence-corrected chi connectivity index (χ2v) is 5.24. The smallest absolute Gasteiger partial charge is 0.317 e. The molecule has 0 radical (unpaired) electrons. The van der Waals surface area contributed by atoms with Gasteiger partial charge in [0, 0.05) is 0 Å². The van der Waals surface area contributed by atoms with E-state index < -0.39 is 28.0 Å². The van der Waals surface area contributed by atoms with Crippen molar-refractivity contribution in [3.8, 4) is 0 Å². The van der Waals surface area contributed by atoms with Gasteiger partial charge in [0.05, 0.1) is 4.90 Å². The van der Waals surface area contributed by atoms with Gasteiger partial charge in [0.1, 0.15) is 0 Å². The molecule has 0 amide bonds. The molecule has 0 bridgehead atoms. The minimum atomic E-state index is -4.42. The van der Waals surface area contributed by atoms with E-state index in [1.54, 1.807) is 0 Å². The van der Waals surface area contributed by atoms with Crippen LogP contribution in [-0.4, -0.2) is 35.1 Å². The summed E-state index contributed by atoms with van der Waals surface area (Å²) in [6.45, 7) is 0. The predicted molar refractivity (Wildman–Crippen MR) is 63.3 cm³/mol. The fraction of sp³-hybridized carbons (Fsp3) is 0.273. The fourth-order valence-corrected chi connectivity index (χ4v) is 2.37. The van der Waals surface area contributed by atoms with E-state index in [4.69, 9.17) is 14.8 Å². The predicted octanol–water partition coefficient (Wildman–Crippen LogP) is 0.651. The molecule has 7 nitrogen and oxygen atoms in total. The minimum absolute atomic E-state index is 0.0841. The summed E-state index contributed by atoms with van der Waals surface area (Å²) in [5.41, 5.74) is 0.178. The molecule has 104 valence electrons. The summed E-state index contributed by atoms with van der Waals surface area (Å²) in [4.78, 5) is 21.0. The van der Waals surface area contributed by atoms with E-state index in [0.29, 0.717) is 0 Å². The zero-order valence-corrected chi connectivity index (χ0v) is 10.5. The molecule has 0 saturated carbocycles. The minimum Gasteiger partial charge on any atom is -0.481 e. The Kier molecular flexibility index (Phi) is 4.62. The van der Waals surface area contributed by atoms with Crippen molar-refractivity contribution in [1.82, 2.24) is 0 Å². The third-order valence-electron chi connectivity index (χ3n) is 2.55. The Morgan fingerprint density at radius 2 is 1.63 bits per heavy atom. The summed E-state index contributed by atoms with van der Waals surface area (Å²) in [6, 6.07) is 5.48. The molecule has 0 fully saturated rings. The van der Waals surface area contributed by atoms with Crippen LogP contribution in [0.4, 0.5) is 0 Å². The third kappa shape index (κ3) is 4.04. The van der Waals surface area contributed by atoms with Gasteiger partial charge in [-0.15, -0.1) is 0 Å². The second-order valence-electron chi connectivity index (χ2n) is 3.85. The van der Waals surface area contributed by atoms with Crippen LogP contribution in [0, 0.1) is 5.92 Å². The average molecular weight is 288 g/mol. The molecule has 19 heavy (non-hydrogen) atoms. The molecule has 1 aromatic rings. The van der Waals surface area contributed by atoms with Crippen molar-refractivity contribution in [2.24, 2.45) is 5.92 Å². The van der Waals surface area contributed by atoms with Crippen molar-refractivity contribution in [3.05, 3.63) is 29.8 Å². The summed E-state index contributed by atoms with van der Waals surface area (Å²) in [5.74, 6) is -4.59. The topological polar surface area (TPSA) is 129 Å². The summed E-state index contributed by atoms with van der Waals surface area (Å²) in [7, 11) is -4.42. The van der Waals surface area contributed by atoms with Crippen molar-refractivity contribution in [2.75, 3.05) is 0 Å². The second kappa shape index (κ2) is 5.81. The van der Waals surface area contributed by atoms with Crippen LogP contribution in [0.15, 0.2) is 29.2 Å². The summed E-state index contributed by atoms with van der Waals surface area (Å²) >= 11 is 0. The molecule has 0 unspecified atom stereocenters. The number of aryl methyl sites for hydroxylation is 1. The molecule has 1 rings (SSSR count). The fourth-order valence-electron chi connectivity index (χ4n) is 1.61. The average Bonchev–Trinajstić information content (AvgIpc) is 2.27. The van der Waals surface area contributed by atoms with Gasteiger partial charge in [0.15, 0.2) is 5.92 Å². The molecule has 0 aliphatic rings. The Balaban J connectivity index is 2.96. The highest BCUT2D eigenvalue weighted by Crippen LogP contribution is 2.19. The van der Waals surface area contributed by atoms with Crippen LogP contribution >= 0.6 is 0 Å². The normalized spacial score (nSPS) is 11.5. The number of carboxylic acid groups (broad SMARTS) is 2. The summed E-state index contributed by atoms with van der Waals surface area (Å²) in [6.07, 6.45) is -0.351. The van der Waals surface area contributed by atoms with E-state index in [-0.39, 0.29) is 23.3 Å². The number of hydrogen-bond donors (Lipinski definition) is 3. The van der Waals surface area contributed by atoms with Crippen LogP contribution in [0.1, 0.15) is 12.0 Å². The van der Waals surface area contributed by atoms with E-state index in [1.165, 1.54) is 24.3 Å². The lowest BCUT2D eigenvalue weighted by Crippen LogP contribution is -2.24. The first kappa shape index (κ1) is 15.1. The van der Waals surface area contributed by atoms with Gasteiger partial charge in [0.25, 0.3) is 10.1 Å². The molecule has 0 aliphatic carbocycles. The molecule has 0 atom stereocenters. The van der Waals surface area contributed by atoms with E-state index >= 15 is 0 Å². The molecule has 8 heteroatoms. The SMILES string of the molecule is O=C(O)C(CCc1ccccc1S(=O)(=O)O)C(=O)O. The number of benzene rings is 1. The highest BCUT2D eigenvalue weighted by Gasteiger charge is 2.26. The monoisotopic (exact) mass is 288 g/mol. The lowest BCUT2D eigenvalue weighted by Gasteiger charge is -2.09. The summed E-state index contributed by atoms with van der Waals surface area (Å²) < 4.78 is 31.2. The number of carbonyl (C=O) groups is 2. The number of carboxylic acids is 2. The van der Waals surface area contributed by atoms with Gasteiger partial charge < -0.3 is 10.2 Å². The molecule has 0 aliphatic heterocycles. The maximum atomic E-state index is 11.1. The van der Waals surface area contributed by atoms with E-state index in [9.17, 15) is 18.0 Å². The van der Waals surface area contributed by atoms with Crippen LogP contribution in [0.25, 0.3) is 0 Å². The molecule has 0 aromatic heterocycles. The highest BCUT2D eigenvalue weighted by molar-refractivity contribution is 7.85. The van der Waals surface area contributed by atoms with Gasteiger partial charge in [-0.1, -0.05) is 18.2 Å². The third-order valence-corrected chi connectivity index (χ3v) is 3.50. The van der Waals surface area contributed by atoms with Crippen LogP contribution < -0.4 is 0 Å². The molecule has 3 N–H and O–H groups in total. The number of aliphatic carboxylic acids is 2. The lowest BCUT2D eigenvalue weighted by atomic mass is 10.00. The Morgan fingerprint density at radius 3 is 2.11 bits per heavy atom. The molecule has 0 heterocycles. The molecule has 0 saturated heterocycles. The van der Waals surface area contributed by atoms with Gasteiger partial charge in [-0.25, -0.2) is 0 Å². The standard InChI is InChI=1S/C11H12O7S/c12-10(13)8(11(14)15)6-5-7-3-1-2-4-9(7)19(16,17)18/h1-4,8H,5-6H2,(H,12,13)(H,14,15)(H,16,17,18). The lowest BCUT2D eigenvalue weighted by molar-refractivity contribution is -0.154.